The number of nitrogens with one attached hydrogen (secondary N) is 1. The lowest BCUT2D eigenvalue weighted by atomic mass is 10.1. The van der Waals surface area contributed by atoms with E-state index in [9.17, 15) is 13.2 Å². The highest BCUT2D eigenvalue weighted by atomic mass is 32.2. The highest BCUT2D eigenvalue weighted by Gasteiger charge is 2.27. The minimum absolute atomic E-state index is 0.0209. The van der Waals surface area contributed by atoms with Gasteiger partial charge in [-0.15, -0.1) is 22.7 Å². The summed E-state index contributed by atoms with van der Waals surface area (Å²) < 4.78 is 27.8. The molecule has 1 aliphatic heterocycles. The molecule has 0 saturated carbocycles. The van der Waals surface area contributed by atoms with E-state index < -0.39 is 10.0 Å². The molecule has 0 aromatic carbocycles. The number of hydrogen-bond donors (Lipinski definition) is 1. The zero-order valence-electron chi connectivity index (χ0n) is 15.5. The van der Waals surface area contributed by atoms with Crippen molar-refractivity contribution in [3.8, 4) is 10.6 Å². The van der Waals surface area contributed by atoms with E-state index >= 15 is 0 Å². The van der Waals surface area contributed by atoms with Gasteiger partial charge < -0.3 is 4.90 Å². The van der Waals surface area contributed by atoms with E-state index in [0.29, 0.717) is 30.1 Å². The fraction of sp³-hybridized carbons (Fsp3) is 0.316. The average Bonchev–Trinajstić information content (AvgIpc) is 3.42. The first-order valence-corrected chi connectivity index (χ1v) is 12.4. The molecule has 0 radical (unpaired) electrons. The second-order valence-electron chi connectivity index (χ2n) is 6.77. The molecule has 0 spiro atoms. The number of aromatic nitrogens is 2. The van der Waals surface area contributed by atoms with Gasteiger partial charge in [-0.2, -0.15) is 0 Å². The van der Waals surface area contributed by atoms with Crippen LogP contribution >= 0.6 is 22.7 Å². The van der Waals surface area contributed by atoms with E-state index in [1.807, 2.05) is 17.5 Å². The molecule has 1 N–H and O–H groups in total. The Kier molecular flexibility index (Phi) is 6.04. The third-order valence-corrected chi connectivity index (χ3v) is 8.58. The Hall–Kier alpha value is -2.14. The lowest BCUT2D eigenvalue weighted by Gasteiger charge is -2.32. The van der Waals surface area contributed by atoms with Crippen molar-refractivity contribution >= 4 is 38.6 Å². The summed E-state index contributed by atoms with van der Waals surface area (Å²) in [5, 5.41) is 4.50. The Morgan fingerprint density at radius 1 is 1.21 bits per heavy atom. The maximum Gasteiger partial charge on any atom is 0.250 e. The van der Waals surface area contributed by atoms with Crippen LogP contribution in [0, 0.1) is 0 Å². The second kappa shape index (κ2) is 8.70. The number of carbonyl (C=O) groups is 1. The second-order valence-corrected chi connectivity index (χ2v) is 10.5. The Balaban J connectivity index is 1.30. The van der Waals surface area contributed by atoms with Gasteiger partial charge in [0.05, 0.1) is 12.1 Å². The SMILES string of the molecule is O=C(Cc1csc(-c2cccnc2)n1)N1CCC(NS(=O)(=O)c2cccs2)CC1. The predicted molar refractivity (Wildman–Crippen MR) is 113 cm³/mol. The number of thiazole rings is 1. The van der Waals surface area contributed by atoms with Crippen LogP contribution in [0.25, 0.3) is 10.6 Å². The molecular weight excluding hydrogens is 428 g/mol. The largest absolute Gasteiger partial charge is 0.342 e. The van der Waals surface area contributed by atoms with Crippen LogP contribution in [0.3, 0.4) is 0 Å². The summed E-state index contributed by atoms with van der Waals surface area (Å²) in [6, 6.07) is 6.97. The molecule has 4 rings (SSSR count). The van der Waals surface area contributed by atoms with E-state index in [1.54, 1.807) is 34.8 Å². The van der Waals surface area contributed by atoms with Crippen LogP contribution in [0.1, 0.15) is 18.5 Å². The van der Waals surface area contributed by atoms with E-state index in [1.165, 1.54) is 22.7 Å². The molecule has 1 aliphatic rings. The fourth-order valence-electron chi connectivity index (χ4n) is 3.22. The van der Waals surface area contributed by atoms with Gasteiger partial charge in [0.1, 0.15) is 9.22 Å². The molecule has 1 fully saturated rings. The normalized spacial score (nSPS) is 15.5. The Labute approximate surface area is 177 Å². The van der Waals surface area contributed by atoms with Crippen molar-refractivity contribution < 1.29 is 13.2 Å². The van der Waals surface area contributed by atoms with Gasteiger partial charge in [0, 0.05) is 42.5 Å². The van der Waals surface area contributed by atoms with Crippen molar-refractivity contribution in [2.75, 3.05) is 13.1 Å². The first-order valence-electron chi connectivity index (χ1n) is 9.20. The first kappa shape index (κ1) is 20.1. The highest BCUT2D eigenvalue weighted by Crippen LogP contribution is 2.24. The lowest BCUT2D eigenvalue weighted by Crippen LogP contribution is -2.46. The molecule has 4 heterocycles. The van der Waals surface area contributed by atoms with Crippen molar-refractivity contribution in [1.29, 1.82) is 0 Å². The molecule has 152 valence electrons. The van der Waals surface area contributed by atoms with Crippen LogP contribution in [0.4, 0.5) is 0 Å². The van der Waals surface area contributed by atoms with Gasteiger partial charge in [0.25, 0.3) is 0 Å². The third-order valence-electron chi connectivity index (χ3n) is 4.72. The van der Waals surface area contributed by atoms with Gasteiger partial charge in [0.15, 0.2) is 0 Å². The summed E-state index contributed by atoms with van der Waals surface area (Å²) in [6.45, 7) is 1.08. The average molecular weight is 449 g/mol. The van der Waals surface area contributed by atoms with Gasteiger partial charge in [-0.1, -0.05) is 6.07 Å². The minimum Gasteiger partial charge on any atom is -0.342 e. The Morgan fingerprint density at radius 3 is 2.72 bits per heavy atom. The van der Waals surface area contributed by atoms with Gasteiger partial charge in [0.2, 0.25) is 15.9 Å². The van der Waals surface area contributed by atoms with Crippen LogP contribution in [0.15, 0.2) is 51.6 Å². The van der Waals surface area contributed by atoms with Crippen molar-refractivity contribution in [1.82, 2.24) is 19.6 Å². The number of piperidine rings is 1. The summed E-state index contributed by atoms with van der Waals surface area (Å²) in [6.07, 6.45) is 4.93. The first-order chi connectivity index (χ1) is 14.0. The topological polar surface area (TPSA) is 92.3 Å². The Morgan fingerprint density at radius 2 is 2.03 bits per heavy atom. The molecule has 0 bridgehead atoms. The summed E-state index contributed by atoms with van der Waals surface area (Å²) >= 11 is 2.70. The van der Waals surface area contributed by atoms with Crippen LogP contribution < -0.4 is 4.72 Å². The van der Waals surface area contributed by atoms with Crippen molar-refractivity contribution in [2.24, 2.45) is 0 Å². The van der Waals surface area contributed by atoms with Crippen LogP contribution in [-0.2, 0) is 21.2 Å². The molecule has 0 atom stereocenters. The molecule has 3 aromatic heterocycles. The number of sulfonamides is 1. The predicted octanol–water partition coefficient (Wildman–Crippen LogP) is 2.78. The number of nitrogens with zero attached hydrogens (tertiary/aromatic N) is 3. The van der Waals surface area contributed by atoms with Crippen molar-refractivity contribution in [3.63, 3.8) is 0 Å². The highest BCUT2D eigenvalue weighted by molar-refractivity contribution is 7.91. The summed E-state index contributed by atoms with van der Waals surface area (Å²) in [4.78, 5) is 23.1. The quantitative estimate of drug-likeness (QED) is 0.626. The molecular formula is C19H20N4O3S3. The molecule has 0 unspecified atom stereocenters. The van der Waals surface area contributed by atoms with Crippen LogP contribution in [0.2, 0.25) is 0 Å². The molecule has 10 heteroatoms. The van der Waals surface area contributed by atoms with Crippen molar-refractivity contribution in [2.45, 2.75) is 29.5 Å². The number of carbonyl (C=O) groups excluding carboxylic acids is 1. The third kappa shape index (κ3) is 4.89. The smallest absolute Gasteiger partial charge is 0.250 e. The monoisotopic (exact) mass is 448 g/mol. The van der Waals surface area contributed by atoms with Gasteiger partial charge in [-0.25, -0.2) is 18.1 Å². The summed E-state index contributed by atoms with van der Waals surface area (Å²) in [5.41, 5.74) is 1.69. The molecule has 3 aromatic rings. The van der Waals surface area contributed by atoms with Crippen molar-refractivity contribution in [3.05, 3.63) is 53.1 Å². The number of thiophene rings is 1. The van der Waals surface area contributed by atoms with Crippen LogP contribution in [0.5, 0.6) is 0 Å². The Bertz CT molecular complexity index is 1060. The van der Waals surface area contributed by atoms with Gasteiger partial charge in [-0.05, 0) is 36.4 Å². The maximum absolute atomic E-state index is 12.6. The number of amides is 1. The molecule has 1 saturated heterocycles. The van der Waals surface area contributed by atoms with E-state index in [2.05, 4.69) is 14.7 Å². The molecule has 7 nitrogen and oxygen atoms in total. The molecule has 1 amide bonds. The van der Waals surface area contributed by atoms with E-state index in [4.69, 9.17) is 0 Å². The number of pyridine rings is 1. The molecule has 0 aliphatic carbocycles. The standard InChI is InChI=1S/C19H20N4O3S3/c24-17(11-16-13-28-19(21-16)14-3-1-7-20-12-14)23-8-5-15(6-9-23)22-29(25,26)18-4-2-10-27-18/h1-4,7,10,12-13,15,22H,5-6,8-9,11H2. The van der Waals surface area contributed by atoms with Gasteiger partial charge >= 0.3 is 0 Å². The fourth-order valence-corrected chi connectivity index (χ4v) is 6.34. The zero-order chi connectivity index (χ0) is 20.3. The number of likely N-dealkylation sites (tertiary alicyclic amines) is 1. The minimum atomic E-state index is -3.48. The zero-order valence-corrected chi connectivity index (χ0v) is 18.0. The molecule has 29 heavy (non-hydrogen) atoms. The maximum atomic E-state index is 12.6. The van der Waals surface area contributed by atoms with E-state index in [0.717, 1.165) is 16.3 Å². The lowest BCUT2D eigenvalue weighted by molar-refractivity contribution is -0.131. The van der Waals surface area contributed by atoms with Crippen LogP contribution in [-0.4, -0.2) is 48.3 Å². The number of rotatable bonds is 6. The summed E-state index contributed by atoms with van der Waals surface area (Å²) in [7, 11) is -3.48. The van der Waals surface area contributed by atoms with E-state index in [-0.39, 0.29) is 18.4 Å². The number of hydrogen-bond acceptors (Lipinski definition) is 7. The van der Waals surface area contributed by atoms with Gasteiger partial charge in [-0.3, -0.25) is 9.78 Å². The summed E-state index contributed by atoms with van der Waals surface area (Å²) in [5.74, 6) is 0.0209.